The molecule has 0 radical (unpaired) electrons. The topological polar surface area (TPSA) is 38.3 Å². The predicted molar refractivity (Wildman–Crippen MR) is 89.2 cm³/mol. The van der Waals surface area contributed by atoms with Gasteiger partial charge in [0.05, 0.1) is 19.6 Å². The van der Waals surface area contributed by atoms with Crippen LogP contribution in [0.3, 0.4) is 0 Å². The van der Waals surface area contributed by atoms with Gasteiger partial charge >= 0.3 is 0 Å². The van der Waals surface area contributed by atoms with Gasteiger partial charge in [-0.3, -0.25) is 4.79 Å². The third kappa shape index (κ3) is 3.88. The van der Waals surface area contributed by atoms with E-state index in [0.717, 1.165) is 16.9 Å². The molecule has 0 spiro atoms. The molecule has 116 valence electrons. The summed E-state index contributed by atoms with van der Waals surface area (Å²) < 4.78 is 5.34. The van der Waals surface area contributed by atoms with Gasteiger partial charge in [0.15, 0.2) is 0 Å². The molecule has 2 aromatic carbocycles. The number of benzene rings is 2. The lowest BCUT2D eigenvalue weighted by atomic mass is 10.0. The number of carbonyl (C=O) groups excluding carboxylic acids is 1. The maximum absolute atomic E-state index is 12.2. The van der Waals surface area contributed by atoms with Gasteiger partial charge in [0.25, 0.3) is 0 Å². The van der Waals surface area contributed by atoms with E-state index in [0.29, 0.717) is 6.42 Å². The van der Waals surface area contributed by atoms with Crippen LogP contribution in [0.1, 0.15) is 35.2 Å². The fraction of sp³-hybridized carbons (Fsp3) is 0.316. The van der Waals surface area contributed by atoms with Crippen LogP contribution in [0.15, 0.2) is 42.5 Å². The zero-order valence-electron chi connectivity index (χ0n) is 13.6. The molecular formula is C19H23NO2. The predicted octanol–water partition coefficient (Wildman–Crippen LogP) is 3.73. The molecule has 0 unspecified atom stereocenters. The number of nitrogens with one attached hydrogen (secondary N) is 1. The van der Waals surface area contributed by atoms with Crippen molar-refractivity contribution in [3.63, 3.8) is 0 Å². The van der Waals surface area contributed by atoms with E-state index < -0.39 is 0 Å². The van der Waals surface area contributed by atoms with Crippen molar-refractivity contribution >= 4 is 5.91 Å². The van der Waals surface area contributed by atoms with Crippen molar-refractivity contribution < 1.29 is 9.53 Å². The second-order valence-electron chi connectivity index (χ2n) is 5.63. The molecule has 0 fully saturated rings. The first-order chi connectivity index (χ1) is 10.5. The number of aryl methyl sites for hydroxylation is 2. The molecular weight excluding hydrogens is 274 g/mol. The second-order valence-corrected chi connectivity index (χ2v) is 5.63. The molecule has 0 aliphatic rings. The van der Waals surface area contributed by atoms with Crippen LogP contribution in [0.2, 0.25) is 0 Å². The smallest absolute Gasteiger partial charge is 0.224 e. The third-order valence-electron chi connectivity index (χ3n) is 3.92. The van der Waals surface area contributed by atoms with Crippen molar-refractivity contribution in [3.8, 4) is 5.75 Å². The van der Waals surface area contributed by atoms with Crippen LogP contribution in [0.25, 0.3) is 0 Å². The summed E-state index contributed by atoms with van der Waals surface area (Å²) in [5.74, 6) is 0.808. The maximum Gasteiger partial charge on any atom is 0.224 e. The lowest BCUT2D eigenvalue weighted by Gasteiger charge is -2.17. The second kappa shape index (κ2) is 7.12. The van der Waals surface area contributed by atoms with E-state index in [1.165, 1.54) is 11.1 Å². The summed E-state index contributed by atoms with van der Waals surface area (Å²) in [5.41, 5.74) is 4.47. The number of methoxy groups -OCH3 is 1. The van der Waals surface area contributed by atoms with Gasteiger partial charge in [-0.2, -0.15) is 0 Å². The Morgan fingerprint density at radius 2 is 1.86 bits per heavy atom. The molecule has 0 saturated carbocycles. The number of rotatable bonds is 5. The largest absolute Gasteiger partial charge is 0.496 e. The maximum atomic E-state index is 12.2. The Kier molecular flexibility index (Phi) is 5.21. The molecule has 0 aliphatic heterocycles. The summed E-state index contributed by atoms with van der Waals surface area (Å²) in [7, 11) is 1.64. The van der Waals surface area contributed by atoms with Crippen LogP contribution in [0, 0.1) is 13.8 Å². The highest BCUT2D eigenvalue weighted by molar-refractivity contribution is 5.79. The molecule has 0 aromatic heterocycles. The average molecular weight is 297 g/mol. The van der Waals surface area contributed by atoms with E-state index in [-0.39, 0.29) is 11.9 Å². The number of hydrogen-bond acceptors (Lipinski definition) is 2. The number of amides is 1. The van der Waals surface area contributed by atoms with Crippen molar-refractivity contribution in [2.45, 2.75) is 33.2 Å². The molecule has 0 aliphatic carbocycles. The quantitative estimate of drug-likeness (QED) is 0.913. The van der Waals surface area contributed by atoms with E-state index in [2.05, 4.69) is 31.3 Å². The van der Waals surface area contributed by atoms with Gasteiger partial charge in [0, 0.05) is 5.56 Å². The Bertz CT molecular complexity index is 664. The minimum Gasteiger partial charge on any atom is -0.496 e. The van der Waals surface area contributed by atoms with Gasteiger partial charge < -0.3 is 10.1 Å². The summed E-state index contributed by atoms with van der Waals surface area (Å²) in [6.45, 7) is 6.10. The van der Waals surface area contributed by atoms with Crippen LogP contribution in [0.5, 0.6) is 5.75 Å². The number of ether oxygens (including phenoxy) is 1. The van der Waals surface area contributed by atoms with Crippen LogP contribution in [0.4, 0.5) is 0 Å². The monoisotopic (exact) mass is 297 g/mol. The molecule has 1 atom stereocenters. The van der Waals surface area contributed by atoms with Gasteiger partial charge in [-0.05, 0) is 43.5 Å². The van der Waals surface area contributed by atoms with Gasteiger partial charge in [-0.1, -0.05) is 36.4 Å². The first kappa shape index (κ1) is 16.1. The highest BCUT2D eigenvalue weighted by Gasteiger charge is 2.14. The van der Waals surface area contributed by atoms with E-state index in [4.69, 9.17) is 4.74 Å². The highest BCUT2D eigenvalue weighted by atomic mass is 16.5. The van der Waals surface area contributed by atoms with Crippen molar-refractivity contribution in [1.29, 1.82) is 0 Å². The number of hydrogen-bond donors (Lipinski definition) is 1. The van der Waals surface area contributed by atoms with Crippen LogP contribution in [-0.4, -0.2) is 13.0 Å². The minimum absolute atomic E-state index is 0.0154. The fourth-order valence-corrected chi connectivity index (χ4v) is 2.49. The molecule has 1 N–H and O–H groups in total. The number of para-hydroxylation sites is 1. The van der Waals surface area contributed by atoms with Gasteiger partial charge in [0.2, 0.25) is 5.91 Å². The Balaban J connectivity index is 2.03. The summed E-state index contributed by atoms with van der Waals surface area (Å²) in [5, 5.41) is 3.03. The Morgan fingerprint density at radius 1 is 1.14 bits per heavy atom. The number of carbonyl (C=O) groups is 1. The van der Waals surface area contributed by atoms with Gasteiger partial charge in [-0.25, -0.2) is 0 Å². The molecule has 0 bridgehead atoms. The van der Waals surface area contributed by atoms with E-state index in [1.54, 1.807) is 7.11 Å². The van der Waals surface area contributed by atoms with Crippen LogP contribution >= 0.6 is 0 Å². The normalized spacial score (nSPS) is 11.8. The summed E-state index contributed by atoms with van der Waals surface area (Å²) >= 11 is 0. The van der Waals surface area contributed by atoms with E-state index in [9.17, 15) is 4.79 Å². The van der Waals surface area contributed by atoms with E-state index in [1.807, 2.05) is 37.3 Å². The molecule has 3 heteroatoms. The Morgan fingerprint density at radius 3 is 2.55 bits per heavy atom. The molecule has 2 rings (SSSR count). The first-order valence-electron chi connectivity index (χ1n) is 7.49. The van der Waals surface area contributed by atoms with Crippen molar-refractivity contribution in [2.75, 3.05) is 7.11 Å². The van der Waals surface area contributed by atoms with Gasteiger partial charge in [0.1, 0.15) is 5.75 Å². The average Bonchev–Trinajstić information content (AvgIpc) is 2.50. The van der Waals surface area contributed by atoms with Crippen LogP contribution < -0.4 is 10.1 Å². The standard InChI is InChI=1S/C19H23NO2/c1-13-9-10-16(11-14(13)2)12-19(21)20-15(3)17-7-5-6-8-18(17)22-4/h5-11,15H,12H2,1-4H3,(H,20,21)/t15-/m1/s1. The van der Waals surface area contributed by atoms with Crippen molar-refractivity contribution in [1.82, 2.24) is 5.32 Å². The van der Waals surface area contributed by atoms with Crippen molar-refractivity contribution in [2.24, 2.45) is 0 Å². The molecule has 22 heavy (non-hydrogen) atoms. The van der Waals surface area contributed by atoms with Crippen LogP contribution in [-0.2, 0) is 11.2 Å². The molecule has 3 nitrogen and oxygen atoms in total. The molecule has 1 amide bonds. The summed E-state index contributed by atoms with van der Waals surface area (Å²) in [6, 6.07) is 13.8. The zero-order valence-corrected chi connectivity index (χ0v) is 13.6. The summed E-state index contributed by atoms with van der Waals surface area (Å²) in [4.78, 5) is 12.2. The first-order valence-corrected chi connectivity index (χ1v) is 7.49. The summed E-state index contributed by atoms with van der Waals surface area (Å²) in [6.07, 6.45) is 0.389. The lowest BCUT2D eigenvalue weighted by Crippen LogP contribution is -2.28. The molecule has 2 aromatic rings. The van der Waals surface area contributed by atoms with Gasteiger partial charge in [-0.15, -0.1) is 0 Å². The SMILES string of the molecule is COc1ccccc1[C@@H](C)NC(=O)Cc1ccc(C)c(C)c1. The highest BCUT2D eigenvalue weighted by Crippen LogP contribution is 2.24. The van der Waals surface area contributed by atoms with E-state index >= 15 is 0 Å². The Labute approximate surface area is 132 Å². The third-order valence-corrected chi connectivity index (χ3v) is 3.92. The minimum atomic E-state index is -0.0878. The lowest BCUT2D eigenvalue weighted by molar-refractivity contribution is -0.121. The molecule has 0 heterocycles. The van der Waals surface area contributed by atoms with Crippen molar-refractivity contribution in [3.05, 3.63) is 64.7 Å². The Hall–Kier alpha value is -2.29. The fourth-order valence-electron chi connectivity index (χ4n) is 2.49. The molecule has 0 saturated heterocycles. The zero-order chi connectivity index (χ0) is 16.1.